The number of amides is 1. The van der Waals surface area contributed by atoms with E-state index in [1.807, 2.05) is 26.8 Å². The fourth-order valence-electron chi connectivity index (χ4n) is 4.13. The number of hydrogen-bond acceptors (Lipinski definition) is 3. The molecule has 1 amide bonds. The lowest BCUT2D eigenvalue weighted by molar-refractivity contribution is -0.130. The zero-order chi connectivity index (χ0) is 15.5. The minimum atomic E-state index is -0.700. The third-order valence-corrected chi connectivity index (χ3v) is 7.24. The van der Waals surface area contributed by atoms with Gasteiger partial charge in [-0.05, 0) is 30.4 Å². The lowest BCUT2D eigenvalue weighted by Crippen LogP contribution is -2.48. The zero-order valence-corrected chi connectivity index (χ0v) is 14.0. The van der Waals surface area contributed by atoms with Gasteiger partial charge in [0.1, 0.15) is 0 Å². The van der Waals surface area contributed by atoms with Crippen LogP contribution in [-0.2, 0) is 9.59 Å². The Morgan fingerprint density at radius 1 is 1.38 bits per heavy atom. The molecule has 3 atom stereocenters. The Kier molecular flexibility index (Phi) is 3.07. The summed E-state index contributed by atoms with van der Waals surface area (Å²) in [6.45, 7) is 6.08. The van der Waals surface area contributed by atoms with Crippen molar-refractivity contribution in [3.05, 3.63) is 24.5 Å². The molecule has 0 aliphatic heterocycles. The molecule has 2 bridgehead atoms. The average molecular weight is 351 g/mol. The van der Waals surface area contributed by atoms with Crippen molar-refractivity contribution in [2.75, 3.05) is 5.32 Å². The Hall–Kier alpha value is -1.23. The third-order valence-electron chi connectivity index (χ3n) is 6.05. The number of aromatic nitrogens is 1. The predicted octanol–water partition coefficient (Wildman–Crippen LogP) is 3.18. The molecule has 1 heterocycles. The van der Waals surface area contributed by atoms with Crippen molar-refractivity contribution < 1.29 is 9.59 Å². The lowest BCUT2D eigenvalue weighted by Gasteiger charge is -2.39. The molecule has 21 heavy (non-hydrogen) atoms. The third kappa shape index (κ3) is 1.58. The Bertz CT molecular complexity index is 616. The summed E-state index contributed by atoms with van der Waals surface area (Å²) in [5.41, 5.74) is -0.847. The summed E-state index contributed by atoms with van der Waals surface area (Å²) in [6.07, 6.45) is 4.78. The zero-order valence-electron chi connectivity index (χ0n) is 12.4. The van der Waals surface area contributed by atoms with Gasteiger partial charge in [0.2, 0.25) is 5.91 Å². The molecular formula is C16H19BrN2O2. The van der Waals surface area contributed by atoms with Gasteiger partial charge in [0.25, 0.3) is 0 Å². The molecular weight excluding hydrogens is 332 g/mol. The number of Topliss-reactive ketones (excluding diaryl/α,β-unsaturated/α-hetero) is 1. The Morgan fingerprint density at radius 3 is 2.62 bits per heavy atom. The Labute approximate surface area is 132 Å². The molecule has 2 saturated carbocycles. The van der Waals surface area contributed by atoms with Crippen LogP contribution in [0.2, 0.25) is 0 Å². The fraction of sp³-hybridized carbons (Fsp3) is 0.562. The summed E-state index contributed by atoms with van der Waals surface area (Å²) in [7, 11) is 0. The van der Waals surface area contributed by atoms with Crippen LogP contribution in [0.1, 0.15) is 33.6 Å². The highest BCUT2D eigenvalue weighted by Crippen LogP contribution is 2.72. The van der Waals surface area contributed by atoms with Crippen molar-refractivity contribution >= 4 is 33.3 Å². The van der Waals surface area contributed by atoms with E-state index in [1.54, 1.807) is 18.5 Å². The quantitative estimate of drug-likeness (QED) is 0.833. The van der Waals surface area contributed by atoms with Crippen LogP contribution in [0.15, 0.2) is 24.5 Å². The number of nitrogens with one attached hydrogen (secondary N) is 1. The lowest BCUT2D eigenvalue weighted by atomic mass is 9.64. The summed E-state index contributed by atoms with van der Waals surface area (Å²) < 4.78 is 0. The highest BCUT2D eigenvalue weighted by atomic mass is 79.9. The fourth-order valence-corrected chi connectivity index (χ4v) is 5.65. The van der Waals surface area contributed by atoms with Gasteiger partial charge in [-0.1, -0.05) is 36.7 Å². The number of halogens is 1. The first kappa shape index (κ1) is 14.7. The van der Waals surface area contributed by atoms with E-state index in [2.05, 4.69) is 26.2 Å². The molecule has 1 aromatic heterocycles. The molecule has 4 nitrogen and oxygen atoms in total. The van der Waals surface area contributed by atoms with E-state index in [1.165, 1.54) is 0 Å². The number of carbonyl (C=O) groups is 2. The number of ketones is 1. The first-order valence-electron chi connectivity index (χ1n) is 7.17. The Morgan fingerprint density at radius 2 is 2.10 bits per heavy atom. The van der Waals surface area contributed by atoms with Crippen LogP contribution in [0.25, 0.3) is 0 Å². The van der Waals surface area contributed by atoms with Crippen LogP contribution in [0.4, 0.5) is 5.69 Å². The molecule has 3 rings (SSSR count). The van der Waals surface area contributed by atoms with Crippen molar-refractivity contribution in [3.8, 4) is 0 Å². The molecule has 2 fully saturated rings. The number of rotatable bonds is 2. The van der Waals surface area contributed by atoms with Gasteiger partial charge in [-0.25, -0.2) is 0 Å². The van der Waals surface area contributed by atoms with E-state index in [-0.39, 0.29) is 17.1 Å². The van der Waals surface area contributed by atoms with Crippen molar-refractivity contribution in [1.82, 2.24) is 4.98 Å². The van der Waals surface area contributed by atoms with Gasteiger partial charge in [-0.3, -0.25) is 14.6 Å². The second-order valence-corrected chi connectivity index (χ2v) is 7.77. The molecule has 1 aromatic rings. The topological polar surface area (TPSA) is 59.1 Å². The summed E-state index contributed by atoms with van der Waals surface area (Å²) in [6, 6.07) is 3.59. The van der Waals surface area contributed by atoms with Gasteiger partial charge in [0, 0.05) is 11.6 Å². The van der Waals surface area contributed by atoms with Crippen LogP contribution < -0.4 is 5.32 Å². The van der Waals surface area contributed by atoms with Gasteiger partial charge < -0.3 is 5.32 Å². The largest absolute Gasteiger partial charge is 0.324 e. The number of fused-ring (bicyclic) bond motifs is 2. The number of anilines is 1. The van der Waals surface area contributed by atoms with E-state index in [9.17, 15) is 9.59 Å². The SMILES string of the molecule is CC1(C)[C@@]2(C)CC[C@]1(C(=O)Nc1cccnc1)[C@H](Br)C2=O. The summed E-state index contributed by atoms with van der Waals surface area (Å²) in [5, 5.41) is 2.94. The highest BCUT2D eigenvalue weighted by molar-refractivity contribution is 9.10. The standard InChI is InChI=1S/C16H19BrN2O2/c1-14(2)15(3)6-7-16(14,11(17)12(15)20)13(21)19-10-5-4-8-18-9-10/h4-5,8-9,11H,6-7H2,1-3H3,(H,19,21)/t11-,15+,16-/m1/s1. The monoisotopic (exact) mass is 350 g/mol. The number of nitrogens with zero attached hydrogens (tertiary/aromatic N) is 1. The summed E-state index contributed by atoms with van der Waals surface area (Å²) in [4.78, 5) is 29.2. The number of alkyl halides is 1. The predicted molar refractivity (Wildman–Crippen MR) is 84.1 cm³/mol. The number of hydrogen-bond donors (Lipinski definition) is 1. The second-order valence-electron chi connectivity index (χ2n) is 6.85. The first-order chi connectivity index (χ1) is 9.77. The molecule has 1 N–H and O–H groups in total. The average Bonchev–Trinajstić information content (AvgIpc) is 2.72. The number of carbonyl (C=O) groups excluding carboxylic acids is 2. The molecule has 0 radical (unpaired) electrons. The second kappa shape index (κ2) is 4.38. The van der Waals surface area contributed by atoms with Crippen LogP contribution in [0, 0.1) is 16.2 Å². The Balaban J connectivity index is 2.00. The number of pyridine rings is 1. The maximum absolute atomic E-state index is 13.0. The van der Waals surface area contributed by atoms with E-state index >= 15 is 0 Å². The molecule has 112 valence electrons. The molecule has 0 saturated heterocycles. The minimum Gasteiger partial charge on any atom is -0.324 e. The van der Waals surface area contributed by atoms with E-state index in [0.717, 1.165) is 12.8 Å². The van der Waals surface area contributed by atoms with Crippen molar-refractivity contribution in [2.24, 2.45) is 16.2 Å². The summed E-state index contributed by atoms with van der Waals surface area (Å²) in [5.74, 6) is 0.0667. The summed E-state index contributed by atoms with van der Waals surface area (Å²) >= 11 is 3.52. The first-order valence-corrected chi connectivity index (χ1v) is 8.09. The highest BCUT2D eigenvalue weighted by Gasteiger charge is 2.76. The van der Waals surface area contributed by atoms with Gasteiger partial charge in [0.05, 0.1) is 22.1 Å². The van der Waals surface area contributed by atoms with Crippen LogP contribution in [-0.4, -0.2) is 21.5 Å². The van der Waals surface area contributed by atoms with Gasteiger partial charge in [0.15, 0.2) is 5.78 Å². The van der Waals surface area contributed by atoms with E-state index in [4.69, 9.17) is 0 Å². The maximum Gasteiger partial charge on any atom is 0.232 e. The van der Waals surface area contributed by atoms with Crippen LogP contribution >= 0.6 is 15.9 Å². The molecule has 0 spiro atoms. The molecule has 0 aromatic carbocycles. The van der Waals surface area contributed by atoms with Crippen LogP contribution in [0.5, 0.6) is 0 Å². The molecule has 2 aliphatic carbocycles. The van der Waals surface area contributed by atoms with Gasteiger partial charge in [-0.2, -0.15) is 0 Å². The molecule has 0 unspecified atom stereocenters. The van der Waals surface area contributed by atoms with Gasteiger partial charge >= 0.3 is 0 Å². The van der Waals surface area contributed by atoms with E-state index < -0.39 is 15.7 Å². The van der Waals surface area contributed by atoms with Crippen molar-refractivity contribution in [2.45, 2.75) is 38.4 Å². The smallest absolute Gasteiger partial charge is 0.232 e. The molecule has 5 heteroatoms. The minimum absolute atomic E-state index is 0.0862. The maximum atomic E-state index is 13.0. The van der Waals surface area contributed by atoms with E-state index in [0.29, 0.717) is 5.69 Å². The molecule has 2 aliphatic rings. The van der Waals surface area contributed by atoms with Crippen molar-refractivity contribution in [1.29, 1.82) is 0 Å². The normalized spacial score (nSPS) is 36.8. The van der Waals surface area contributed by atoms with Crippen LogP contribution in [0.3, 0.4) is 0 Å². The van der Waals surface area contributed by atoms with Crippen molar-refractivity contribution in [3.63, 3.8) is 0 Å². The van der Waals surface area contributed by atoms with Gasteiger partial charge in [-0.15, -0.1) is 0 Å².